The van der Waals surface area contributed by atoms with Crippen molar-refractivity contribution >= 4 is 49.2 Å². The third-order valence-corrected chi connectivity index (χ3v) is 6.38. The number of fused-ring (bicyclic) bond motifs is 2. The van der Waals surface area contributed by atoms with Gasteiger partial charge in [-0.2, -0.15) is 9.78 Å². The Morgan fingerprint density at radius 1 is 1.19 bits per heavy atom. The van der Waals surface area contributed by atoms with Crippen LogP contribution in [0.2, 0.25) is 0 Å². The van der Waals surface area contributed by atoms with Gasteiger partial charge in [0.15, 0.2) is 0 Å². The van der Waals surface area contributed by atoms with Crippen LogP contribution in [0.3, 0.4) is 0 Å². The number of para-hydroxylation sites is 1. The van der Waals surface area contributed by atoms with Crippen molar-refractivity contribution in [3.63, 3.8) is 0 Å². The maximum absolute atomic E-state index is 12.5. The molecule has 1 aliphatic heterocycles. The number of carbonyl (C=O) groups excluding carboxylic acids is 1. The molecule has 1 amide bonds. The first kappa shape index (κ1) is 16.6. The second-order valence-corrected chi connectivity index (χ2v) is 8.50. The molecule has 0 radical (unpaired) electrons. The quantitative estimate of drug-likeness (QED) is 0.477. The van der Waals surface area contributed by atoms with E-state index in [1.54, 1.807) is 16.0 Å². The van der Waals surface area contributed by atoms with Crippen LogP contribution in [-0.4, -0.2) is 20.7 Å². The first-order valence-corrected chi connectivity index (χ1v) is 10.2. The van der Waals surface area contributed by atoms with Crippen molar-refractivity contribution in [1.82, 2.24) is 14.8 Å². The van der Waals surface area contributed by atoms with Gasteiger partial charge in [0.1, 0.15) is 5.82 Å². The minimum Gasteiger partial charge on any atom is -0.310 e. The van der Waals surface area contributed by atoms with E-state index in [2.05, 4.69) is 33.4 Å². The molecule has 0 spiro atoms. The SMILES string of the molecule is Cc1nn(-c2nc3ccccc3s2)c2c1[C@@H](c1ccc(Br)cc1)CC(=O)N2. The van der Waals surface area contributed by atoms with Gasteiger partial charge in [-0.3, -0.25) is 4.79 Å². The summed E-state index contributed by atoms with van der Waals surface area (Å²) in [6, 6.07) is 16.1. The van der Waals surface area contributed by atoms with E-state index in [-0.39, 0.29) is 11.8 Å². The monoisotopic (exact) mass is 438 g/mol. The molecule has 0 bridgehead atoms. The van der Waals surface area contributed by atoms with Crippen LogP contribution < -0.4 is 5.32 Å². The highest BCUT2D eigenvalue weighted by Gasteiger charge is 2.33. The van der Waals surface area contributed by atoms with Crippen molar-refractivity contribution in [3.8, 4) is 5.13 Å². The number of nitrogens with one attached hydrogen (secondary N) is 1. The van der Waals surface area contributed by atoms with E-state index in [1.807, 2.05) is 43.3 Å². The molecule has 7 heteroatoms. The van der Waals surface area contributed by atoms with Gasteiger partial charge in [0.25, 0.3) is 0 Å². The van der Waals surface area contributed by atoms with Crippen LogP contribution in [-0.2, 0) is 4.79 Å². The second-order valence-electron chi connectivity index (χ2n) is 6.58. The molecule has 134 valence electrons. The van der Waals surface area contributed by atoms with Gasteiger partial charge < -0.3 is 5.32 Å². The van der Waals surface area contributed by atoms with Gasteiger partial charge in [0.05, 0.1) is 15.9 Å². The average molecular weight is 439 g/mol. The van der Waals surface area contributed by atoms with Crippen LogP contribution in [0.25, 0.3) is 15.3 Å². The number of benzene rings is 2. The van der Waals surface area contributed by atoms with Crippen LogP contribution in [0.15, 0.2) is 53.0 Å². The molecule has 2 aromatic carbocycles. The first-order valence-electron chi connectivity index (χ1n) is 8.61. The number of thiazole rings is 1. The van der Waals surface area contributed by atoms with Gasteiger partial charge in [-0.05, 0) is 36.8 Å². The summed E-state index contributed by atoms with van der Waals surface area (Å²) in [6.07, 6.45) is 0.418. The van der Waals surface area contributed by atoms with Crippen molar-refractivity contribution < 1.29 is 4.79 Å². The van der Waals surface area contributed by atoms with Crippen molar-refractivity contribution in [2.75, 3.05) is 5.32 Å². The van der Waals surface area contributed by atoms with Crippen LogP contribution >= 0.6 is 27.3 Å². The molecule has 1 aliphatic rings. The summed E-state index contributed by atoms with van der Waals surface area (Å²) < 4.78 is 3.90. The molecule has 0 saturated carbocycles. The second kappa shape index (κ2) is 6.28. The van der Waals surface area contributed by atoms with Crippen LogP contribution in [0.4, 0.5) is 5.82 Å². The number of aromatic nitrogens is 3. The Morgan fingerprint density at radius 2 is 1.96 bits per heavy atom. The molecule has 2 aromatic heterocycles. The zero-order valence-electron chi connectivity index (χ0n) is 14.4. The number of nitrogens with zero attached hydrogens (tertiary/aromatic N) is 3. The van der Waals surface area contributed by atoms with Crippen molar-refractivity contribution in [3.05, 3.63) is 69.8 Å². The molecule has 0 saturated heterocycles. The van der Waals surface area contributed by atoms with Crippen LogP contribution in [0.5, 0.6) is 0 Å². The average Bonchev–Trinajstić information content (AvgIpc) is 3.23. The Labute approximate surface area is 168 Å². The lowest BCUT2D eigenvalue weighted by Crippen LogP contribution is -2.24. The van der Waals surface area contributed by atoms with Crippen LogP contribution in [0, 0.1) is 6.92 Å². The molecular weight excluding hydrogens is 424 g/mol. The van der Waals surface area contributed by atoms with Gasteiger partial charge in [0, 0.05) is 22.4 Å². The molecule has 0 fully saturated rings. The van der Waals surface area contributed by atoms with Crippen LogP contribution in [0.1, 0.15) is 29.2 Å². The van der Waals surface area contributed by atoms with Crippen molar-refractivity contribution in [2.45, 2.75) is 19.3 Å². The Morgan fingerprint density at radius 3 is 2.74 bits per heavy atom. The molecule has 1 atom stereocenters. The minimum atomic E-state index is -0.00928. The molecule has 0 aliphatic carbocycles. The lowest BCUT2D eigenvalue weighted by Gasteiger charge is -2.24. The minimum absolute atomic E-state index is 0.00215. The van der Waals surface area contributed by atoms with Gasteiger partial charge in [-0.25, -0.2) is 4.98 Å². The molecule has 0 unspecified atom stereocenters. The highest BCUT2D eigenvalue weighted by atomic mass is 79.9. The fourth-order valence-corrected chi connectivity index (χ4v) is 4.80. The molecule has 5 nitrogen and oxygen atoms in total. The topological polar surface area (TPSA) is 59.8 Å². The Balaban J connectivity index is 1.67. The molecule has 4 aromatic rings. The van der Waals surface area contributed by atoms with E-state index in [9.17, 15) is 4.79 Å². The smallest absolute Gasteiger partial charge is 0.226 e. The molecule has 5 rings (SSSR count). The summed E-state index contributed by atoms with van der Waals surface area (Å²) in [5.41, 5.74) is 4.03. The fraction of sp³-hybridized carbons (Fsp3) is 0.150. The van der Waals surface area contributed by atoms with E-state index < -0.39 is 0 Å². The Kier molecular flexibility index (Phi) is 3.87. The molecule has 3 heterocycles. The van der Waals surface area contributed by atoms with Gasteiger partial charge in [0.2, 0.25) is 11.0 Å². The van der Waals surface area contributed by atoms with Crippen molar-refractivity contribution in [2.24, 2.45) is 0 Å². The number of hydrogen-bond donors (Lipinski definition) is 1. The summed E-state index contributed by atoms with van der Waals surface area (Å²) in [5, 5.41) is 8.51. The normalized spacial score (nSPS) is 16.4. The zero-order valence-corrected chi connectivity index (χ0v) is 16.8. The number of carbonyl (C=O) groups is 1. The summed E-state index contributed by atoms with van der Waals surface area (Å²) in [4.78, 5) is 17.2. The number of aryl methyl sites for hydroxylation is 1. The van der Waals surface area contributed by atoms with Gasteiger partial charge in [-0.15, -0.1) is 0 Å². The highest BCUT2D eigenvalue weighted by Crippen LogP contribution is 2.41. The Bertz CT molecular complexity index is 1150. The number of rotatable bonds is 2. The Hall–Kier alpha value is -2.51. The summed E-state index contributed by atoms with van der Waals surface area (Å²) in [5.74, 6) is 0.721. The predicted octanol–water partition coefficient (Wildman–Crippen LogP) is 5.03. The number of hydrogen-bond acceptors (Lipinski definition) is 4. The molecular formula is C20H15BrN4OS. The maximum atomic E-state index is 12.5. The van der Waals surface area contributed by atoms with Crippen molar-refractivity contribution in [1.29, 1.82) is 0 Å². The van der Waals surface area contributed by atoms with E-state index in [4.69, 9.17) is 10.1 Å². The largest absolute Gasteiger partial charge is 0.310 e. The highest BCUT2D eigenvalue weighted by molar-refractivity contribution is 9.10. The standard InChI is InChI=1S/C20H15BrN4OS/c1-11-18-14(12-6-8-13(21)9-7-12)10-17(26)23-19(18)25(24-11)20-22-15-4-2-3-5-16(15)27-20/h2-9,14H,10H2,1H3,(H,23,26)/t14-/m1/s1. The third-order valence-electron chi connectivity index (χ3n) is 4.84. The van der Waals surface area contributed by atoms with E-state index >= 15 is 0 Å². The zero-order chi connectivity index (χ0) is 18.5. The number of halogens is 1. The van der Waals surface area contributed by atoms with E-state index in [0.717, 1.165) is 42.5 Å². The summed E-state index contributed by atoms with van der Waals surface area (Å²) in [7, 11) is 0. The summed E-state index contributed by atoms with van der Waals surface area (Å²) >= 11 is 5.04. The molecule has 27 heavy (non-hydrogen) atoms. The number of amides is 1. The van der Waals surface area contributed by atoms with E-state index in [0.29, 0.717) is 6.42 Å². The maximum Gasteiger partial charge on any atom is 0.226 e. The van der Waals surface area contributed by atoms with Gasteiger partial charge in [-0.1, -0.05) is 51.5 Å². The lowest BCUT2D eigenvalue weighted by molar-refractivity contribution is -0.116. The first-order chi connectivity index (χ1) is 13.1. The number of anilines is 1. The third kappa shape index (κ3) is 2.78. The molecule has 1 N–H and O–H groups in total. The van der Waals surface area contributed by atoms with E-state index in [1.165, 1.54) is 0 Å². The lowest BCUT2D eigenvalue weighted by atomic mass is 9.86. The summed E-state index contributed by atoms with van der Waals surface area (Å²) in [6.45, 7) is 1.99. The fourth-order valence-electron chi connectivity index (χ4n) is 3.62. The van der Waals surface area contributed by atoms with Gasteiger partial charge >= 0.3 is 0 Å². The predicted molar refractivity (Wildman–Crippen MR) is 111 cm³/mol.